The molecule has 142 valence electrons. The number of thioether (sulfide) groups is 1. The van der Waals surface area contributed by atoms with Crippen LogP contribution in [0.2, 0.25) is 5.02 Å². The number of rotatable bonds is 7. The summed E-state index contributed by atoms with van der Waals surface area (Å²) in [5.74, 6) is -0.588. The maximum Gasteiger partial charge on any atom is 0.419 e. The van der Waals surface area contributed by atoms with Crippen LogP contribution in [0.1, 0.15) is 13.3 Å². The average Bonchev–Trinajstić information content (AvgIpc) is 2.95. The van der Waals surface area contributed by atoms with Gasteiger partial charge in [0.2, 0.25) is 0 Å². The SMILES string of the molecule is COC(=O)CCn1c(=O)oc2cc(O[C@@H](C)Sc3ccccn3)c(Cl)cc21. The first-order chi connectivity index (χ1) is 13.0. The molecule has 2 heterocycles. The normalized spacial score (nSPS) is 12.1. The Bertz CT molecular complexity index is 1000. The highest BCUT2D eigenvalue weighted by Gasteiger charge is 2.16. The third-order valence-electron chi connectivity index (χ3n) is 3.71. The molecule has 0 unspecified atom stereocenters. The number of halogens is 1. The number of fused-ring (bicyclic) bond motifs is 1. The zero-order chi connectivity index (χ0) is 19.4. The number of aryl methyl sites for hydroxylation is 1. The molecule has 2 aromatic heterocycles. The lowest BCUT2D eigenvalue weighted by molar-refractivity contribution is -0.140. The Morgan fingerprint density at radius 3 is 2.93 bits per heavy atom. The summed E-state index contributed by atoms with van der Waals surface area (Å²) in [4.78, 5) is 27.6. The summed E-state index contributed by atoms with van der Waals surface area (Å²) in [5.41, 5.74) is 0.563. The molecule has 0 aliphatic rings. The Morgan fingerprint density at radius 2 is 2.22 bits per heavy atom. The molecule has 0 N–H and O–H groups in total. The van der Waals surface area contributed by atoms with Gasteiger partial charge < -0.3 is 13.9 Å². The summed E-state index contributed by atoms with van der Waals surface area (Å²) in [6, 6.07) is 8.78. The second kappa shape index (κ2) is 8.49. The predicted molar refractivity (Wildman–Crippen MR) is 102 cm³/mol. The van der Waals surface area contributed by atoms with Gasteiger partial charge in [0.15, 0.2) is 5.58 Å². The number of hydrogen-bond acceptors (Lipinski definition) is 7. The van der Waals surface area contributed by atoms with Gasteiger partial charge in [-0.2, -0.15) is 0 Å². The first kappa shape index (κ1) is 19.3. The Balaban J connectivity index is 1.80. The summed E-state index contributed by atoms with van der Waals surface area (Å²) in [7, 11) is 1.29. The van der Waals surface area contributed by atoms with E-state index in [1.54, 1.807) is 18.3 Å². The zero-order valence-electron chi connectivity index (χ0n) is 14.7. The molecule has 0 saturated heterocycles. The summed E-state index contributed by atoms with van der Waals surface area (Å²) in [5, 5.41) is 1.16. The van der Waals surface area contributed by atoms with E-state index in [2.05, 4.69) is 9.72 Å². The quantitative estimate of drug-likeness (QED) is 0.334. The van der Waals surface area contributed by atoms with Gasteiger partial charge >= 0.3 is 11.7 Å². The van der Waals surface area contributed by atoms with Gasteiger partial charge in [0.05, 0.1) is 29.1 Å². The molecule has 0 aliphatic heterocycles. The number of hydrogen-bond donors (Lipinski definition) is 0. The lowest BCUT2D eigenvalue weighted by atomic mass is 10.3. The number of nitrogens with zero attached hydrogens (tertiary/aromatic N) is 2. The molecule has 0 radical (unpaired) electrons. The molecule has 0 saturated carbocycles. The van der Waals surface area contributed by atoms with Crippen LogP contribution in [0.4, 0.5) is 0 Å². The van der Waals surface area contributed by atoms with Crippen LogP contribution in [0.3, 0.4) is 0 Å². The highest BCUT2D eigenvalue weighted by atomic mass is 35.5. The predicted octanol–water partition coefficient (Wildman–Crippen LogP) is 3.72. The van der Waals surface area contributed by atoms with E-state index in [0.717, 1.165) is 5.03 Å². The number of benzene rings is 1. The van der Waals surface area contributed by atoms with E-state index in [-0.39, 0.29) is 18.4 Å². The highest BCUT2D eigenvalue weighted by molar-refractivity contribution is 7.99. The van der Waals surface area contributed by atoms with E-state index in [1.807, 2.05) is 25.1 Å². The van der Waals surface area contributed by atoms with Crippen molar-refractivity contribution < 1.29 is 18.7 Å². The van der Waals surface area contributed by atoms with E-state index in [1.165, 1.54) is 23.4 Å². The summed E-state index contributed by atoms with van der Waals surface area (Å²) in [6.45, 7) is 2.01. The van der Waals surface area contributed by atoms with Crippen LogP contribution in [-0.2, 0) is 16.1 Å². The lowest BCUT2D eigenvalue weighted by Gasteiger charge is -2.14. The molecule has 0 fully saturated rings. The molecule has 0 bridgehead atoms. The first-order valence-electron chi connectivity index (χ1n) is 8.12. The largest absolute Gasteiger partial charge is 0.478 e. The Hall–Kier alpha value is -2.45. The second-order valence-corrected chi connectivity index (χ2v) is 7.29. The second-order valence-electron chi connectivity index (χ2n) is 5.57. The van der Waals surface area contributed by atoms with E-state index in [9.17, 15) is 9.59 Å². The Morgan fingerprint density at radius 1 is 1.41 bits per heavy atom. The lowest BCUT2D eigenvalue weighted by Crippen LogP contribution is -2.17. The summed E-state index contributed by atoms with van der Waals surface area (Å²) in [6.07, 6.45) is 1.76. The minimum Gasteiger partial charge on any atom is -0.478 e. The molecule has 0 aliphatic carbocycles. The molecule has 1 atom stereocenters. The minimum atomic E-state index is -0.571. The van der Waals surface area contributed by atoms with Gasteiger partial charge in [-0.25, -0.2) is 9.78 Å². The topological polar surface area (TPSA) is 83.6 Å². The third kappa shape index (κ3) is 4.64. The van der Waals surface area contributed by atoms with Crippen molar-refractivity contribution in [1.29, 1.82) is 0 Å². The highest BCUT2D eigenvalue weighted by Crippen LogP contribution is 2.33. The molecule has 9 heteroatoms. The van der Waals surface area contributed by atoms with Crippen molar-refractivity contribution in [3.8, 4) is 5.75 Å². The number of pyridine rings is 1. The maximum absolute atomic E-state index is 12.1. The molecular weight excluding hydrogens is 392 g/mol. The van der Waals surface area contributed by atoms with Crippen molar-refractivity contribution in [2.75, 3.05) is 7.11 Å². The smallest absolute Gasteiger partial charge is 0.419 e. The fraction of sp³-hybridized carbons (Fsp3) is 0.278. The van der Waals surface area contributed by atoms with Crippen LogP contribution in [0.5, 0.6) is 5.75 Å². The van der Waals surface area contributed by atoms with Crippen molar-refractivity contribution in [2.45, 2.75) is 30.4 Å². The minimum absolute atomic E-state index is 0.0542. The molecule has 3 aromatic rings. The number of carbonyl (C=O) groups is 1. The fourth-order valence-corrected chi connectivity index (χ4v) is 3.43. The van der Waals surface area contributed by atoms with E-state index in [0.29, 0.717) is 21.9 Å². The number of oxazole rings is 1. The Kier molecular flexibility index (Phi) is 6.08. The van der Waals surface area contributed by atoms with Gasteiger partial charge in [-0.1, -0.05) is 29.4 Å². The molecular formula is C18H17ClN2O5S. The number of methoxy groups -OCH3 is 1. The maximum atomic E-state index is 12.1. The molecule has 7 nitrogen and oxygen atoms in total. The Labute approximate surface area is 164 Å². The van der Waals surface area contributed by atoms with Crippen molar-refractivity contribution in [1.82, 2.24) is 9.55 Å². The van der Waals surface area contributed by atoms with Crippen LogP contribution in [0.15, 0.2) is 50.8 Å². The van der Waals surface area contributed by atoms with Gasteiger partial charge in [-0.15, -0.1) is 0 Å². The van der Waals surface area contributed by atoms with Crippen LogP contribution in [0.25, 0.3) is 11.1 Å². The van der Waals surface area contributed by atoms with Crippen molar-refractivity contribution in [2.24, 2.45) is 0 Å². The molecule has 0 spiro atoms. The number of esters is 1. The van der Waals surface area contributed by atoms with Gasteiger partial charge in [0.1, 0.15) is 11.2 Å². The zero-order valence-corrected chi connectivity index (χ0v) is 16.2. The van der Waals surface area contributed by atoms with E-state index in [4.69, 9.17) is 20.8 Å². The van der Waals surface area contributed by atoms with Crippen LogP contribution < -0.4 is 10.5 Å². The molecule has 0 amide bonds. The van der Waals surface area contributed by atoms with Gasteiger partial charge in [0, 0.05) is 18.8 Å². The van der Waals surface area contributed by atoms with E-state index >= 15 is 0 Å². The van der Waals surface area contributed by atoms with Crippen LogP contribution in [0, 0.1) is 0 Å². The molecule has 27 heavy (non-hydrogen) atoms. The van der Waals surface area contributed by atoms with Crippen LogP contribution in [-0.4, -0.2) is 28.1 Å². The monoisotopic (exact) mass is 408 g/mol. The van der Waals surface area contributed by atoms with Gasteiger partial charge in [-0.3, -0.25) is 9.36 Å². The number of aromatic nitrogens is 2. The van der Waals surface area contributed by atoms with E-state index < -0.39 is 11.7 Å². The molecule has 3 rings (SSSR count). The standard InChI is InChI=1S/C18H17ClN2O5S/c1-11(27-16-5-3-4-7-20-16)25-14-10-15-13(9-12(14)19)21(18(23)26-15)8-6-17(22)24-2/h3-5,7,9-11H,6,8H2,1-2H3/t11-/m1/s1. The fourth-order valence-electron chi connectivity index (χ4n) is 2.46. The first-order valence-corrected chi connectivity index (χ1v) is 9.37. The summed E-state index contributed by atoms with van der Waals surface area (Å²) >= 11 is 7.76. The van der Waals surface area contributed by atoms with Crippen LogP contribution >= 0.6 is 23.4 Å². The average molecular weight is 409 g/mol. The third-order valence-corrected chi connectivity index (χ3v) is 4.91. The van der Waals surface area contributed by atoms with Crippen molar-refractivity contribution >= 4 is 40.4 Å². The summed E-state index contributed by atoms with van der Waals surface area (Å²) < 4.78 is 17.1. The number of ether oxygens (including phenoxy) is 2. The van der Waals surface area contributed by atoms with Crippen molar-refractivity contribution in [3.63, 3.8) is 0 Å². The molecule has 1 aromatic carbocycles. The number of carbonyl (C=O) groups excluding carboxylic acids is 1. The van der Waals surface area contributed by atoms with Gasteiger partial charge in [0.25, 0.3) is 0 Å². The van der Waals surface area contributed by atoms with Gasteiger partial charge in [-0.05, 0) is 25.1 Å². The van der Waals surface area contributed by atoms with Crippen molar-refractivity contribution in [3.05, 3.63) is 52.1 Å².